The maximum Gasteiger partial charge on any atom is 0.281 e. The molecule has 0 bridgehead atoms. The van der Waals surface area contributed by atoms with E-state index in [-0.39, 0.29) is 5.56 Å². The van der Waals surface area contributed by atoms with Crippen LogP contribution >= 0.6 is 0 Å². The molecule has 2 aromatic rings. The Labute approximate surface area is 162 Å². The number of ether oxygens (including phenoxy) is 1. The van der Waals surface area contributed by atoms with Crippen molar-refractivity contribution < 1.29 is 18.7 Å². The first-order valence-electron chi connectivity index (χ1n) is 9.43. The maximum atomic E-state index is 13.3. The minimum absolute atomic E-state index is 0.283. The molecular formula is C22H21FN2O3. The van der Waals surface area contributed by atoms with Gasteiger partial charge in [0, 0.05) is 11.1 Å². The Hall–Kier alpha value is -3.02. The van der Waals surface area contributed by atoms with Crippen LogP contribution in [0.4, 0.5) is 4.39 Å². The van der Waals surface area contributed by atoms with Gasteiger partial charge in [-0.25, -0.2) is 9.29 Å². The predicted molar refractivity (Wildman–Crippen MR) is 103 cm³/mol. The largest absolute Gasteiger partial charge is 0.497 e. The molecule has 0 saturated heterocycles. The molecule has 1 aliphatic heterocycles. The third-order valence-corrected chi connectivity index (χ3v) is 5.45. The number of hydrogen-bond donors (Lipinski definition) is 0. The number of carbonyl (C=O) groups excluding carboxylic acids is 2. The molecular weight excluding hydrogens is 359 g/mol. The summed E-state index contributed by atoms with van der Waals surface area (Å²) in [6.07, 6.45) is 4.15. The van der Waals surface area contributed by atoms with Crippen LogP contribution < -0.4 is 4.74 Å². The molecule has 0 aromatic heterocycles. The molecule has 1 spiro atoms. The van der Waals surface area contributed by atoms with Gasteiger partial charge in [0.05, 0.1) is 7.11 Å². The fourth-order valence-corrected chi connectivity index (χ4v) is 3.99. The van der Waals surface area contributed by atoms with Crippen LogP contribution in [0, 0.1) is 5.82 Å². The second-order valence-corrected chi connectivity index (χ2v) is 7.18. The lowest BCUT2D eigenvalue weighted by molar-refractivity contribution is -0.125. The summed E-state index contributed by atoms with van der Waals surface area (Å²) in [7, 11) is 1.58. The Morgan fingerprint density at radius 1 is 1.04 bits per heavy atom. The van der Waals surface area contributed by atoms with E-state index in [1.807, 2.05) is 0 Å². The average molecular weight is 380 g/mol. The number of methoxy groups -OCH3 is 1. The van der Waals surface area contributed by atoms with Crippen LogP contribution in [0.25, 0.3) is 0 Å². The van der Waals surface area contributed by atoms with E-state index >= 15 is 0 Å². The lowest BCUT2D eigenvalue weighted by atomic mass is 9.88. The predicted octanol–water partition coefficient (Wildman–Crippen LogP) is 3.97. The van der Waals surface area contributed by atoms with Crippen molar-refractivity contribution in [3.8, 4) is 5.75 Å². The van der Waals surface area contributed by atoms with Crippen molar-refractivity contribution in [3.05, 3.63) is 65.5 Å². The highest BCUT2D eigenvalue weighted by molar-refractivity contribution is 6.49. The zero-order valence-corrected chi connectivity index (χ0v) is 15.7. The van der Waals surface area contributed by atoms with Crippen molar-refractivity contribution in [3.63, 3.8) is 0 Å². The van der Waals surface area contributed by atoms with Gasteiger partial charge in [-0.15, -0.1) is 0 Å². The van der Waals surface area contributed by atoms with Crippen molar-refractivity contribution in [1.82, 2.24) is 4.90 Å². The number of benzene rings is 2. The Balaban J connectivity index is 1.74. The molecule has 5 nitrogen and oxygen atoms in total. The SMILES string of the molecule is COc1ccc(C2=NC3(CCCCC3)N(C(=O)c3ccc(F)cc3)C2=O)cc1. The summed E-state index contributed by atoms with van der Waals surface area (Å²) in [4.78, 5) is 32.6. The standard InChI is InChI=1S/C22H21FN2O3/c1-28-18-11-7-15(8-12-18)19-21(27)25(22(24-19)13-3-2-4-14-22)20(26)16-5-9-17(23)10-6-16/h5-12H,2-4,13-14H2,1H3. The molecule has 0 radical (unpaired) electrons. The van der Waals surface area contributed by atoms with E-state index in [2.05, 4.69) is 0 Å². The second-order valence-electron chi connectivity index (χ2n) is 7.18. The van der Waals surface area contributed by atoms with E-state index < -0.39 is 23.3 Å². The number of hydrogen-bond acceptors (Lipinski definition) is 4. The Morgan fingerprint density at radius 3 is 2.29 bits per heavy atom. The van der Waals surface area contributed by atoms with Gasteiger partial charge in [0.15, 0.2) is 0 Å². The number of rotatable bonds is 3. The van der Waals surface area contributed by atoms with Crippen LogP contribution in [0.3, 0.4) is 0 Å². The maximum absolute atomic E-state index is 13.3. The van der Waals surface area contributed by atoms with Gasteiger partial charge in [-0.05, 0) is 74.2 Å². The smallest absolute Gasteiger partial charge is 0.281 e. The molecule has 1 saturated carbocycles. The fourth-order valence-electron chi connectivity index (χ4n) is 3.99. The summed E-state index contributed by atoms with van der Waals surface area (Å²) in [5.41, 5.74) is 0.381. The van der Waals surface area contributed by atoms with E-state index in [1.54, 1.807) is 31.4 Å². The van der Waals surface area contributed by atoms with Crippen LogP contribution in [0.1, 0.15) is 48.0 Å². The number of carbonyl (C=O) groups is 2. The Kier molecular flexibility index (Phi) is 4.71. The monoisotopic (exact) mass is 380 g/mol. The molecule has 0 atom stereocenters. The first kappa shape index (κ1) is 18.3. The van der Waals surface area contributed by atoms with E-state index in [0.717, 1.165) is 19.3 Å². The van der Waals surface area contributed by atoms with Crippen LogP contribution in [0.2, 0.25) is 0 Å². The molecule has 1 fully saturated rings. The number of nitrogens with zero attached hydrogens (tertiary/aromatic N) is 2. The molecule has 1 heterocycles. The van der Waals surface area contributed by atoms with Crippen molar-refractivity contribution in [2.45, 2.75) is 37.8 Å². The third-order valence-electron chi connectivity index (χ3n) is 5.45. The topological polar surface area (TPSA) is 59.0 Å². The van der Waals surface area contributed by atoms with Crippen molar-refractivity contribution in [2.75, 3.05) is 7.11 Å². The summed E-state index contributed by atoms with van der Waals surface area (Å²) in [5, 5.41) is 0. The zero-order valence-electron chi connectivity index (χ0n) is 15.7. The summed E-state index contributed by atoms with van der Waals surface area (Å²) in [6.45, 7) is 0. The van der Waals surface area contributed by atoms with Crippen molar-refractivity contribution in [1.29, 1.82) is 0 Å². The highest BCUT2D eigenvalue weighted by Gasteiger charge is 2.51. The van der Waals surface area contributed by atoms with Gasteiger partial charge in [-0.3, -0.25) is 14.6 Å². The van der Waals surface area contributed by atoms with Gasteiger partial charge >= 0.3 is 0 Å². The molecule has 4 rings (SSSR count). The Bertz CT molecular complexity index is 929. The Morgan fingerprint density at radius 2 is 1.68 bits per heavy atom. The highest BCUT2D eigenvalue weighted by Crippen LogP contribution is 2.40. The first-order chi connectivity index (χ1) is 13.5. The number of amides is 2. The molecule has 1 aliphatic carbocycles. The average Bonchev–Trinajstić information content (AvgIpc) is 3.00. The third kappa shape index (κ3) is 3.09. The number of imide groups is 1. The van der Waals surface area contributed by atoms with Gasteiger partial charge in [0.1, 0.15) is 22.9 Å². The highest BCUT2D eigenvalue weighted by atomic mass is 19.1. The lowest BCUT2D eigenvalue weighted by Crippen LogP contribution is -2.51. The van der Waals surface area contributed by atoms with E-state index in [1.165, 1.54) is 29.2 Å². The first-order valence-corrected chi connectivity index (χ1v) is 9.43. The molecule has 28 heavy (non-hydrogen) atoms. The van der Waals surface area contributed by atoms with Gasteiger partial charge in [0.2, 0.25) is 0 Å². The normalized spacial score (nSPS) is 18.3. The van der Waals surface area contributed by atoms with Crippen LogP contribution in [-0.2, 0) is 4.79 Å². The molecule has 2 aliphatic rings. The zero-order chi connectivity index (χ0) is 19.7. The van der Waals surface area contributed by atoms with Crippen molar-refractivity contribution >= 4 is 17.5 Å². The molecule has 0 N–H and O–H groups in total. The fraction of sp³-hybridized carbons (Fsp3) is 0.318. The van der Waals surface area contributed by atoms with Crippen LogP contribution in [0.5, 0.6) is 5.75 Å². The molecule has 2 aromatic carbocycles. The quantitative estimate of drug-likeness (QED) is 0.757. The van der Waals surface area contributed by atoms with Gasteiger partial charge in [-0.1, -0.05) is 6.42 Å². The second kappa shape index (κ2) is 7.19. The molecule has 0 unspecified atom stereocenters. The van der Waals surface area contributed by atoms with Crippen molar-refractivity contribution in [2.24, 2.45) is 4.99 Å². The van der Waals surface area contributed by atoms with E-state index in [9.17, 15) is 14.0 Å². The molecule has 2 amide bonds. The van der Waals surface area contributed by atoms with Crippen LogP contribution in [0.15, 0.2) is 53.5 Å². The van der Waals surface area contributed by atoms with E-state index in [4.69, 9.17) is 9.73 Å². The molecule has 144 valence electrons. The van der Waals surface area contributed by atoms with Gasteiger partial charge < -0.3 is 4.74 Å². The minimum Gasteiger partial charge on any atom is -0.497 e. The van der Waals surface area contributed by atoms with Gasteiger partial charge in [0.25, 0.3) is 11.8 Å². The minimum atomic E-state index is -0.851. The van der Waals surface area contributed by atoms with Gasteiger partial charge in [-0.2, -0.15) is 0 Å². The summed E-state index contributed by atoms with van der Waals surface area (Å²) >= 11 is 0. The summed E-state index contributed by atoms with van der Waals surface area (Å²) < 4.78 is 18.4. The van der Waals surface area contributed by atoms with E-state index in [0.29, 0.717) is 29.9 Å². The number of halogens is 1. The lowest BCUT2D eigenvalue weighted by Gasteiger charge is -2.37. The summed E-state index contributed by atoms with van der Waals surface area (Å²) in [6, 6.07) is 12.4. The summed E-state index contributed by atoms with van der Waals surface area (Å²) in [5.74, 6) is -0.575. The number of aliphatic imine (C=N–C) groups is 1. The van der Waals surface area contributed by atoms with Crippen LogP contribution in [-0.4, -0.2) is 35.2 Å². The molecule has 6 heteroatoms.